The van der Waals surface area contributed by atoms with Gasteiger partial charge in [0.1, 0.15) is 0 Å². The van der Waals surface area contributed by atoms with E-state index in [2.05, 4.69) is 31.1 Å². The molecule has 20 heavy (non-hydrogen) atoms. The molecule has 0 atom stereocenters. The normalized spacial score (nSPS) is 30.9. The van der Waals surface area contributed by atoms with Gasteiger partial charge in [0.2, 0.25) is 0 Å². The Morgan fingerprint density at radius 1 is 1.10 bits per heavy atom. The Morgan fingerprint density at radius 2 is 1.80 bits per heavy atom. The highest BCUT2D eigenvalue weighted by atomic mass is 15.1. The van der Waals surface area contributed by atoms with Crippen LogP contribution in [0.2, 0.25) is 0 Å². The van der Waals surface area contributed by atoms with Crippen LogP contribution < -0.4 is 5.32 Å². The lowest BCUT2D eigenvalue weighted by Gasteiger charge is -2.42. The standard InChI is InChI=1S/C18H36N2/c1-4-5-6-13-20(3)15-18(14-19-17-7-8-17)11-9-16(2)10-12-18/h16-17,19H,4-15H2,1-3H3. The zero-order valence-corrected chi connectivity index (χ0v) is 14.1. The molecule has 118 valence electrons. The Balaban J connectivity index is 1.80. The first-order valence-corrected chi connectivity index (χ1v) is 9.05. The molecule has 2 fully saturated rings. The van der Waals surface area contributed by atoms with E-state index in [1.165, 1.54) is 77.4 Å². The molecule has 0 aromatic carbocycles. The molecule has 0 radical (unpaired) electrons. The van der Waals surface area contributed by atoms with E-state index in [1.54, 1.807) is 0 Å². The molecular formula is C18H36N2. The molecule has 2 rings (SSSR count). The SMILES string of the molecule is CCCCCN(C)CC1(CNC2CC2)CCC(C)CC1. The van der Waals surface area contributed by atoms with Crippen LogP contribution in [0.1, 0.15) is 71.6 Å². The van der Waals surface area contributed by atoms with Crippen LogP contribution in [0.4, 0.5) is 0 Å². The van der Waals surface area contributed by atoms with Gasteiger partial charge in [0.25, 0.3) is 0 Å². The fourth-order valence-electron chi connectivity index (χ4n) is 3.70. The van der Waals surface area contributed by atoms with Crippen LogP contribution >= 0.6 is 0 Å². The van der Waals surface area contributed by atoms with Crippen molar-refractivity contribution in [1.82, 2.24) is 10.2 Å². The zero-order valence-electron chi connectivity index (χ0n) is 14.1. The van der Waals surface area contributed by atoms with Crippen molar-refractivity contribution in [2.24, 2.45) is 11.3 Å². The van der Waals surface area contributed by atoms with Crippen LogP contribution in [-0.4, -0.2) is 37.6 Å². The van der Waals surface area contributed by atoms with Crippen LogP contribution in [0.25, 0.3) is 0 Å². The molecule has 0 saturated heterocycles. The molecule has 1 N–H and O–H groups in total. The Labute approximate surface area is 126 Å². The predicted molar refractivity (Wildman–Crippen MR) is 88.1 cm³/mol. The van der Waals surface area contributed by atoms with Crippen molar-refractivity contribution in [2.75, 3.05) is 26.7 Å². The maximum Gasteiger partial charge on any atom is 0.00684 e. The summed E-state index contributed by atoms with van der Waals surface area (Å²) in [6.45, 7) is 8.59. The van der Waals surface area contributed by atoms with Crippen molar-refractivity contribution in [3.63, 3.8) is 0 Å². The van der Waals surface area contributed by atoms with E-state index < -0.39 is 0 Å². The Hall–Kier alpha value is -0.0800. The first-order valence-electron chi connectivity index (χ1n) is 9.05. The minimum atomic E-state index is 0.566. The molecule has 0 amide bonds. The summed E-state index contributed by atoms with van der Waals surface area (Å²) in [5.74, 6) is 0.953. The molecule has 2 nitrogen and oxygen atoms in total. The van der Waals surface area contributed by atoms with Gasteiger partial charge in [-0.25, -0.2) is 0 Å². The van der Waals surface area contributed by atoms with E-state index in [-0.39, 0.29) is 0 Å². The second-order valence-corrected chi connectivity index (χ2v) is 7.78. The predicted octanol–water partition coefficient (Wildman–Crippen LogP) is 4.06. The largest absolute Gasteiger partial charge is 0.313 e. The van der Waals surface area contributed by atoms with Gasteiger partial charge in [-0.1, -0.05) is 39.5 Å². The summed E-state index contributed by atoms with van der Waals surface area (Å²) in [6.07, 6.45) is 12.7. The van der Waals surface area contributed by atoms with E-state index in [4.69, 9.17) is 0 Å². The topological polar surface area (TPSA) is 15.3 Å². The molecule has 0 aliphatic heterocycles. The lowest BCUT2D eigenvalue weighted by molar-refractivity contribution is 0.0976. The van der Waals surface area contributed by atoms with Gasteiger partial charge in [0.05, 0.1) is 0 Å². The summed E-state index contributed by atoms with van der Waals surface area (Å²) < 4.78 is 0. The number of nitrogens with zero attached hydrogens (tertiary/aromatic N) is 1. The van der Waals surface area contributed by atoms with Gasteiger partial charge < -0.3 is 10.2 Å². The number of hydrogen-bond acceptors (Lipinski definition) is 2. The third kappa shape index (κ3) is 5.37. The van der Waals surface area contributed by atoms with E-state index >= 15 is 0 Å². The van der Waals surface area contributed by atoms with Crippen molar-refractivity contribution in [3.8, 4) is 0 Å². The number of unbranched alkanes of at least 4 members (excludes halogenated alkanes) is 2. The van der Waals surface area contributed by atoms with Crippen LogP contribution in [0.3, 0.4) is 0 Å². The monoisotopic (exact) mass is 280 g/mol. The summed E-state index contributed by atoms with van der Waals surface area (Å²) in [7, 11) is 2.34. The Morgan fingerprint density at radius 3 is 2.40 bits per heavy atom. The number of nitrogens with one attached hydrogen (secondary N) is 1. The van der Waals surface area contributed by atoms with E-state index in [1.807, 2.05) is 0 Å². The minimum Gasteiger partial charge on any atom is -0.313 e. The van der Waals surface area contributed by atoms with E-state index in [0.29, 0.717) is 5.41 Å². The number of rotatable bonds is 9. The molecule has 2 aliphatic carbocycles. The van der Waals surface area contributed by atoms with Crippen molar-refractivity contribution in [3.05, 3.63) is 0 Å². The molecule has 0 spiro atoms. The molecule has 2 saturated carbocycles. The van der Waals surface area contributed by atoms with Gasteiger partial charge in [-0.2, -0.15) is 0 Å². The summed E-state index contributed by atoms with van der Waals surface area (Å²) in [6, 6.07) is 0.858. The van der Waals surface area contributed by atoms with Gasteiger partial charge in [-0.05, 0) is 57.0 Å². The lowest BCUT2D eigenvalue weighted by Crippen LogP contribution is -2.45. The molecule has 0 bridgehead atoms. The summed E-state index contributed by atoms with van der Waals surface area (Å²) in [5, 5.41) is 3.83. The lowest BCUT2D eigenvalue weighted by atomic mass is 9.70. The summed E-state index contributed by atoms with van der Waals surface area (Å²) in [4.78, 5) is 2.61. The molecule has 0 aromatic heterocycles. The molecular weight excluding hydrogens is 244 g/mol. The fraction of sp³-hybridized carbons (Fsp3) is 1.00. The van der Waals surface area contributed by atoms with Crippen LogP contribution in [0, 0.1) is 11.3 Å². The minimum absolute atomic E-state index is 0.566. The van der Waals surface area contributed by atoms with E-state index in [9.17, 15) is 0 Å². The van der Waals surface area contributed by atoms with Crippen molar-refractivity contribution in [1.29, 1.82) is 0 Å². The molecule has 2 aliphatic rings. The van der Waals surface area contributed by atoms with Gasteiger partial charge in [0.15, 0.2) is 0 Å². The first-order chi connectivity index (χ1) is 9.63. The highest BCUT2D eigenvalue weighted by Crippen LogP contribution is 2.39. The second kappa shape index (κ2) is 7.79. The van der Waals surface area contributed by atoms with Crippen molar-refractivity contribution >= 4 is 0 Å². The van der Waals surface area contributed by atoms with Gasteiger partial charge in [-0.3, -0.25) is 0 Å². The Bertz CT molecular complexity index is 265. The number of hydrogen-bond donors (Lipinski definition) is 1. The van der Waals surface area contributed by atoms with Crippen molar-refractivity contribution < 1.29 is 0 Å². The van der Waals surface area contributed by atoms with Gasteiger partial charge in [0, 0.05) is 19.1 Å². The maximum atomic E-state index is 3.83. The van der Waals surface area contributed by atoms with Crippen LogP contribution in [0.5, 0.6) is 0 Å². The fourth-order valence-corrected chi connectivity index (χ4v) is 3.70. The molecule has 0 heterocycles. The smallest absolute Gasteiger partial charge is 0.00684 e. The first kappa shape index (κ1) is 16.3. The third-order valence-electron chi connectivity index (χ3n) is 5.43. The molecule has 0 unspecified atom stereocenters. The maximum absolute atomic E-state index is 3.83. The van der Waals surface area contributed by atoms with Crippen molar-refractivity contribution in [2.45, 2.75) is 77.7 Å². The average Bonchev–Trinajstić information content (AvgIpc) is 3.24. The third-order valence-corrected chi connectivity index (χ3v) is 5.43. The molecule has 2 heteroatoms. The highest BCUT2D eigenvalue weighted by Gasteiger charge is 2.36. The van der Waals surface area contributed by atoms with Crippen LogP contribution in [0.15, 0.2) is 0 Å². The highest BCUT2D eigenvalue weighted by molar-refractivity contribution is 4.92. The Kier molecular flexibility index (Phi) is 6.35. The summed E-state index contributed by atoms with van der Waals surface area (Å²) in [5.41, 5.74) is 0.566. The average molecular weight is 281 g/mol. The second-order valence-electron chi connectivity index (χ2n) is 7.78. The zero-order chi connectivity index (χ0) is 14.4. The van der Waals surface area contributed by atoms with Gasteiger partial charge in [-0.15, -0.1) is 0 Å². The quantitative estimate of drug-likeness (QED) is 0.641. The van der Waals surface area contributed by atoms with Crippen LogP contribution in [-0.2, 0) is 0 Å². The van der Waals surface area contributed by atoms with E-state index in [0.717, 1.165) is 12.0 Å². The summed E-state index contributed by atoms with van der Waals surface area (Å²) >= 11 is 0. The van der Waals surface area contributed by atoms with Gasteiger partial charge >= 0.3 is 0 Å². The molecule has 0 aromatic rings.